The van der Waals surface area contributed by atoms with Crippen molar-refractivity contribution in [1.82, 2.24) is 0 Å². The van der Waals surface area contributed by atoms with Crippen molar-refractivity contribution in [3.63, 3.8) is 0 Å². The van der Waals surface area contributed by atoms with Crippen LogP contribution in [-0.4, -0.2) is 36.9 Å². The number of ether oxygens (including phenoxy) is 2. The molecule has 0 aromatic heterocycles. The van der Waals surface area contributed by atoms with Crippen LogP contribution in [0.5, 0.6) is 11.5 Å². The number of anilines is 2. The van der Waals surface area contributed by atoms with Crippen LogP contribution in [0.3, 0.4) is 0 Å². The van der Waals surface area contributed by atoms with Gasteiger partial charge in [-0.25, -0.2) is 0 Å². The second-order valence-electron chi connectivity index (χ2n) is 7.62. The molecule has 3 aliphatic rings. The highest BCUT2D eigenvalue weighted by Gasteiger charge is 2.39. The zero-order chi connectivity index (χ0) is 20.0. The first-order chi connectivity index (χ1) is 14.1. The van der Waals surface area contributed by atoms with Crippen molar-refractivity contribution < 1.29 is 19.1 Å². The third-order valence-electron chi connectivity index (χ3n) is 5.65. The van der Waals surface area contributed by atoms with Crippen molar-refractivity contribution >= 4 is 35.0 Å². The fourth-order valence-electron chi connectivity index (χ4n) is 4.11. The average Bonchev–Trinajstić information content (AvgIpc) is 3.30. The fourth-order valence-corrected chi connectivity index (χ4v) is 5.22. The molecule has 1 fully saturated rings. The topological polar surface area (TPSA) is 59.1 Å². The lowest BCUT2D eigenvalue weighted by Crippen LogP contribution is -2.38. The molecule has 0 N–H and O–H groups in total. The molecular weight excluding hydrogens is 388 g/mol. The predicted molar refractivity (Wildman–Crippen MR) is 112 cm³/mol. The van der Waals surface area contributed by atoms with Gasteiger partial charge in [-0.05, 0) is 30.7 Å². The van der Waals surface area contributed by atoms with Crippen molar-refractivity contribution in [2.75, 3.05) is 29.7 Å². The number of carbonyl (C=O) groups is 2. The molecule has 0 saturated carbocycles. The highest BCUT2D eigenvalue weighted by atomic mass is 32.2. The summed E-state index contributed by atoms with van der Waals surface area (Å²) in [5.74, 6) is 0.967. The lowest BCUT2D eigenvalue weighted by molar-refractivity contribution is -0.124. The second-order valence-corrected chi connectivity index (χ2v) is 9.10. The van der Waals surface area contributed by atoms with Gasteiger partial charge >= 0.3 is 0 Å². The summed E-state index contributed by atoms with van der Waals surface area (Å²) in [4.78, 5) is 30.8. The molecule has 2 unspecified atom stereocenters. The molecular formula is C22H22N2O4S. The van der Waals surface area contributed by atoms with E-state index in [1.54, 1.807) is 4.90 Å². The molecule has 7 heteroatoms. The quantitative estimate of drug-likeness (QED) is 0.756. The summed E-state index contributed by atoms with van der Waals surface area (Å²) in [5.41, 5.74) is 1.70. The van der Waals surface area contributed by atoms with E-state index in [1.807, 2.05) is 53.1 Å². The van der Waals surface area contributed by atoms with Gasteiger partial charge in [0.15, 0.2) is 11.5 Å². The minimum Gasteiger partial charge on any atom is -0.454 e. The predicted octanol–water partition coefficient (Wildman–Crippen LogP) is 3.69. The minimum atomic E-state index is -0.348. The van der Waals surface area contributed by atoms with E-state index in [2.05, 4.69) is 13.0 Å². The van der Waals surface area contributed by atoms with Gasteiger partial charge in [0.1, 0.15) is 0 Å². The van der Waals surface area contributed by atoms with E-state index in [1.165, 1.54) is 0 Å². The zero-order valence-corrected chi connectivity index (χ0v) is 17.0. The van der Waals surface area contributed by atoms with Gasteiger partial charge in [-0.2, -0.15) is 0 Å². The summed E-state index contributed by atoms with van der Waals surface area (Å²) in [6, 6.07) is 13.5. The van der Waals surface area contributed by atoms with Crippen molar-refractivity contribution in [2.24, 2.45) is 5.92 Å². The Balaban J connectivity index is 1.38. The number of thioether (sulfide) groups is 1. The number of hydrogen-bond acceptors (Lipinski definition) is 5. The van der Waals surface area contributed by atoms with Gasteiger partial charge in [0, 0.05) is 41.4 Å². The zero-order valence-electron chi connectivity index (χ0n) is 16.2. The monoisotopic (exact) mass is 410 g/mol. The first kappa shape index (κ1) is 18.4. The van der Waals surface area contributed by atoms with Crippen LogP contribution in [-0.2, 0) is 9.59 Å². The Morgan fingerprint density at radius 1 is 1.14 bits per heavy atom. The molecule has 150 valence electrons. The molecule has 29 heavy (non-hydrogen) atoms. The lowest BCUT2D eigenvalue weighted by atomic mass is 10.1. The number of fused-ring (bicyclic) bond motifs is 2. The minimum absolute atomic E-state index is 0.0312. The molecule has 3 heterocycles. The number of nitrogens with zero attached hydrogens (tertiary/aromatic N) is 2. The van der Waals surface area contributed by atoms with E-state index in [0.29, 0.717) is 29.8 Å². The van der Waals surface area contributed by atoms with E-state index < -0.39 is 0 Å². The Hall–Kier alpha value is -2.67. The maximum absolute atomic E-state index is 13.4. The number of rotatable bonds is 2. The Bertz CT molecular complexity index is 979. The van der Waals surface area contributed by atoms with Crippen LogP contribution in [0.4, 0.5) is 11.4 Å². The molecule has 2 aromatic carbocycles. The molecule has 5 rings (SSSR count). The third-order valence-corrected chi connectivity index (χ3v) is 6.89. The van der Waals surface area contributed by atoms with E-state index in [4.69, 9.17) is 9.47 Å². The molecule has 1 saturated heterocycles. The maximum Gasteiger partial charge on any atom is 0.232 e. The maximum atomic E-state index is 13.4. The molecule has 0 radical (unpaired) electrons. The molecule has 0 spiro atoms. The van der Waals surface area contributed by atoms with E-state index in [-0.39, 0.29) is 30.9 Å². The second kappa shape index (κ2) is 7.30. The Morgan fingerprint density at radius 2 is 1.97 bits per heavy atom. The largest absolute Gasteiger partial charge is 0.454 e. The lowest BCUT2D eigenvalue weighted by Gasteiger charge is -2.25. The molecule has 0 aliphatic carbocycles. The molecule has 2 atom stereocenters. The van der Waals surface area contributed by atoms with E-state index in [9.17, 15) is 9.59 Å². The highest BCUT2D eigenvalue weighted by Crippen LogP contribution is 2.40. The molecule has 6 nitrogen and oxygen atoms in total. The van der Waals surface area contributed by atoms with Gasteiger partial charge in [0.2, 0.25) is 18.6 Å². The molecule has 0 bridgehead atoms. The van der Waals surface area contributed by atoms with Crippen molar-refractivity contribution in [2.45, 2.75) is 29.9 Å². The molecule has 2 amide bonds. The standard InChI is InChI=1S/C22H22N2O4S/c1-14-8-9-23(17-4-2-3-5-20(17)29-14)22(26)15-10-21(25)24(12-15)16-6-7-18-19(11-16)28-13-27-18/h2-7,11,14-15H,8-10,12-13H2,1H3. The normalized spacial score (nSPS) is 23.1. The summed E-state index contributed by atoms with van der Waals surface area (Å²) in [6.07, 6.45) is 1.16. The first-order valence-corrected chi connectivity index (χ1v) is 10.7. The highest BCUT2D eigenvalue weighted by molar-refractivity contribution is 8.00. The van der Waals surface area contributed by atoms with Crippen molar-refractivity contribution in [3.05, 3.63) is 42.5 Å². The first-order valence-electron chi connectivity index (χ1n) is 9.87. The van der Waals surface area contributed by atoms with Crippen LogP contribution < -0.4 is 19.3 Å². The van der Waals surface area contributed by atoms with Crippen LogP contribution in [0.15, 0.2) is 47.4 Å². The van der Waals surface area contributed by atoms with Gasteiger partial charge in [-0.15, -0.1) is 11.8 Å². The van der Waals surface area contributed by atoms with Gasteiger partial charge in [-0.3, -0.25) is 9.59 Å². The molecule has 3 aliphatic heterocycles. The fraction of sp³-hybridized carbons (Fsp3) is 0.364. The van der Waals surface area contributed by atoms with Gasteiger partial charge in [0.05, 0.1) is 11.6 Å². The Morgan fingerprint density at radius 3 is 2.86 bits per heavy atom. The van der Waals surface area contributed by atoms with Crippen molar-refractivity contribution in [1.29, 1.82) is 0 Å². The van der Waals surface area contributed by atoms with Crippen LogP contribution in [0.25, 0.3) is 0 Å². The summed E-state index contributed by atoms with van der Waals surface area (Å²) in [7, 11) is 0. The number of benzene rings is 2. The van der Waals surface area contributed by atoms with Gasteiger partial charge in [-0.1, -0.05) is 19.1 Å². The van der Waals surface area contributed by atoms with Crippen molar-refractivity contribution in [3.8, 4) is 11.5 Å². The third kappa shape index (κ3) is 3.33. The smallest absolute Gasteiger partial charge is 0.232 e. The molecule has 2 aromatic rings. The Kier molecular flexibility index (Phi) is 4.62. The number of carbonyl (C=O) groups excluding carboxylic acids is 2. The van der Waals surface area contributed by atoms with Gasteiger partial charge < -0.3 is 19.3 Å². The summed E-state index contributed by atoms with van der Waals surface area (Å²) in [6.45, 7) is 3.45. The van der Waals surface area contributed by atoms with Crippen LogP contribution in [0.2, 0.25) is 0 Å². The van der Waals surface area contributed by atoms with E-state index in [0.717, 1.165) is 22.7 Å². The van der Waals surface area contributed by atoms with Crippen LogP contribution in [0, 0.1) is 5.92 Å². The number of para-hydroxylation sites is 1. The number of hydrogen-bond donors (Lipinski definition) is 0. The summed E-state index contributed by atoms with van der Waals surface area (Å²) < 4.78 is 10.8. The average molecular weight is 410 g/mol. The van der Waals surface area contributed by atoms with Crippen LogP contribution in [0.1, 0.15) is 19.8 Å². The Labute approximate surface area is 173 Å². The van der Waals surface area contributed by atoms with E-state index >= 15 is 0 Å². The van der Waals surface area contributed by atoms with Gasteiger partial charge in [0.25, 0.3) is 0 Å². The SMILES string of the molecule is CC1CCN(C(=O)C2CC(=O)N(c3ccc4c(c3)OCO4)C2)c2ccccc2S1. The number of amides is 2. The summed E-state index contributed by atoms with van der Waals surface area (Å²) in [5, 5.41) is 0.448. The summed E-state index contributed by atoms with van der Waals surface area (Å²) >= 11 is 1.81. The van der Waals surface area contributed by atoms with Crippen LogP contribution >= 0.6 is 11.8 Å².